The zero-order valence-electron chi connectivity index (χ0n) is 20.9. The number of nitrogens with one attached hydrogen (secondary N) is 1. The molecule has 7 rings (SSSR count). The largest absolute Gasteiger partial charge is 0.478 e. The van der Waals surface area contributed by atoms with E-state index in [9.17, 15) is 14.7 Å². The molecule has 0 atom stereocenters. The molecule has 1 amide bonds. The van der Waals surface area contributed by atoms with Crippen LogP contribution in [-0.2, 0) is 18.3 Å². The number of amides is 1. The van der Waals surface area contributed by atoms with E-state index < -0.39 is 5.97 Å². The summed E-state index contributed by atoms with van der Waals surface area (Å²) in [7, 11) is 1.92. The molecule has 3 aromatic heterocycles. The number of para-hydroxylation sites is 1. The number of carbonyl (C=O) groups excluding carboxylic acids is 1. The Kier molecular flexibility index (Phi) is 5.06. The van der Waals surface area contributed by atoms with E-state index in [4.69, 9.17) is 9.97 Å². The zero-order chi connectivity index (χ0) is 26.7. The molecule has 4 heterocycles. The maximum Gasteiger partial charge on any atom is 0.335 e. The van der Waals surface area contributed by atoms with Crippen LogP contribution in [0.4, 0.5) is 5.69 Å². The minimum atomic E-state index is -1.01. The highest BCUT2D eigenvalue weighted by atomic mass is 16.4. The molecule has 39 heavy (non-hydrogen) atoms. The summed E-state index contributed by atoms with van der Waals surface area (Å²) in [4.78, 5) is 37.9. The lowest BCUT2D eigenvalue weighted by atomic mass is 10.0. The number of nitrogens with zero attached hydrogens (tertiary/aromatic N) is 5. The quantitative estimate of drug-likeness (QED) is 0.333. The normalized spacial score (nSPS) is 13.0. The van der Waals surface area contributed by atoms with Crippen molar-refractivity contribution in [1.82, 2.24) is 24.1 Å². The number of carboxylic acids is 1. The predicted molar refractivity (Wildman–Crippen MR) is 148 cm³/mol. The molecule has 2 N–H and O–H groups in total. The second-order valence-electron chi connectivity index (χ2n) is 9.63. The van der Waals surface area contributed by atoms with Crippen LogP contribution in [0.25, 0.3) is 50.4 Å². The van der Waals surface area contributed by atoms with E-state index in [1.807, 2.05) is 58.6 Å². The molecule has 0 unspecified atom stereocenters. The van der Waals surface area contributed by atoms with E-state index in [2.05, 4.69) is 16.4 Å². The minimum Gasteiger partial charge on any atom is -0.478 e. The van der Waals surface area contributed by atoms with Crippen LogP contribution in [0.15, 0.2) is 79.3 Å². The molecule has 6 aromatic rings. The Hall–Kier alpha value is -5.31. The number of aromatic carboxylic acids is 1. The van der Waals surface area contributed by atoms with Crippen molar-refractivity contribution in [2.75, 3.05) is 5.32 Å². The standard InChI is InChI=1S/C30H22N6O3/c1-35-16-31-15-27(35)25-14-21(20-4-2-3-5-23(20)32-25)29-34-24-13-18(30(38)39)6-10-26(24)36(29)19-8-9-22-17(12-19)7-11-28(37)33-22/h2-6,8-10,12-16H,7,11H2,1H3,(H,33,37)(H,38,39). The summed E-state index contributed by atoms with van der Waals surface area (Å²) in [5.41, 5.74) is 7.51. The van der Waals surface area contributed by atoms with Gasteiger partial charge in [0.2, 0.25) is 5.91 Å². The number of carbonyl (C=O) groups is 2. The van der Waals surface area contributed by atoms with Crippen molar-refractivity contribution >= 4 is 39.5 Å². The number of aromatic nitrogens is 5. The van der Waals surface area contributed by atoms with Gasteiger partial charge in [-0.1, -0.05) is 18.2 Å². The molecular formula is C30H22N6O3. The molecule has 9 nitrogen and oxygen atoms in total. The van der Waals surface area contributed by atoms with Gasteiger partial charge in [-0.25, -0.2) is 19.7 Å². The molecule has 0 fully saturated rings. The van der Waals surface area contributed by atoms with Crippen LogP contribution in [0.2, 0.25) is 0 Å². The number of aryl methyl sites for hydroxylation is 2. The fourth-order valence-corrected chi connectivity index (χ4v) is 5.26. The molecule has 1 aliphatic heterocycles. The monoisotopic (exact) mass is 514 g/mol. The van der Waals surface area contributed by atoms with E-state index >= 15 is 0 Å². The van der Waals surface area contributed by atoms with Crippen molar-refractivity contribution in [2.24, 2.45) is 7.05 Å². The molecule has 0 radical (unpaired) electrons. The van der Waals surface area contributed by atoms with Crippen LogP contribution in [0.1, 0.15) is 22.3 Å². The van der Waals surface area contributed by atoms with Crippen molar-refractivity contribution < 1.29 is 14.7 Å². The summed E-state index contributed by atoms with van der Waals surface area (Å²) in [5.74, 6) is -0.337. The van der Waals surface area contributed by atoms with Gasteiger partial charge in [0.25, 0.3) is 0 Å². The molecule has 3 aromatic carbocycles. The lowest BCUT2D eigenvalue weighted by Gasteiger charge is -2.19. The van der Waals surface area contributed by atoms with Crippen molar-refractivity contribution in [1.29, 1.82) is 0 Å². The second kappa shape index (κ2) is 8.63. The SMILES string of the molecule is Cn1cncc1-c1cc(-c2nc3cc(C(=O)O)ccc3n2-c2ccc3c(c2)CCC(=O)N3)c2ccccc2n1. The van der Waals surface area contributed by atoms with Gasteiger partial charge >= 0.3 is 5.97 Å². The van der Waals surface area contributed by atoms with Crippen molar-refractivity contribution in [3.8, 4) is 28.5 Å². The Morgan fingerprint density at radius 2 is 1.85 bits per heavy atom. The molecule has 0 spiro atoms. The predicted octanol–water partition coefficient (Wildman–Crippen LogP) is 5.22. The summed E-state index contributed by atoms with van der Waals surface area (Å²) in [6.07, 6.45) is 4.59. The molecular weight excluding hydrogens is 492 g/mol. The third-order valence-electron chi connectivity index (χ3n) is 7.18. The van der Waals surface area contributed by atoms with Crippen molar-refractivity contribution in [2.45, 2.75) is 12.8 Å². The first-order valence-electron chi connectivity index (χ1n) is 12.5. The lowest BCUT2D eigenvalue weighted by Crippen LogP contribution is -2.19. The molecule has 190 valence electrons. The third kappa shape index (κ3) is 3.74. The number of imidazole rings is 2. The molecule has 0 bridgehead atoms. The lowest BCUT2D eigenvalue weighted by molar-refractivity contribution is -0.116. The van der Waals surface area contributed by atoms with Gasteiger partial charge < -0.3 is 15.0 Å². The summed E-state index contributed by atoms with van der Waals surface area (Å²) in [6.45, 7) is 0. The first-order chi connectivity index (χ1) is 19.0. The Morgan fingerprint density at radius 1 is 0.974 bits per heavy atom. The molecule has 0 saturated heterocycles. The zero-order valence-corrected chi connectivity index (χ0v) is 20.9. The van der Waals surface area contributed by atoms with Gasteiger partial charge in [0.05, 0.1) is 46.0 Å². The number of rotatable bonds is 4. The van der Waals surface area contributed by atoms with E-state index in [1.54, 1.807) is 30.7 Å². The molecule has 0 saturated carbocycles. The Labute approximate surface area is 222 Å². The fourth-order valence-electron chi connectivity index (χ4n) is 5.26. The van der Waals surface area contributed by atoms with Crippen LogP contribution < -0.4 is 5.32 Å². The third-order valence-corrected chi connectivity index (χ3v) is 7.18. The van der Waals surface area contributed by atoms with Gasteiger partial charge in [-0.05, 0) is 60.5 Å². The summed E-state index contributed by atoms with van der Waals surface area (Å²) >= 11 is 0. The van der Waals surface area contributed by atoms with Gasteiger partial charge in [0, 0.05) is 35.8 Å². The number of carboxylic acid groups (broad SMARTS) is 1. The average molecular weight is 515 g/mol. The number of hydrogen-bond donors (Lipinski definition) is 2. The molecule has 1 aliphatic rings. The highest BCUT2D eigenvalue weighted by molar-refractivity contribution is 5.99. The van der Waals surface area contributed by atoms with Gasteiger partial charge in [-0.15, -0.1) is 0 Å². The number of benzene rings is 3. The van der Waals surface area contributed by atoms with Gasteiger partial charge in [0.15, 0.2) is 0 Å². The van der Waals surface area contributed by atoms with Crippen molar-refractivity contribution in [3.05, 3.63) is 90.4 Å². The van der Waals surface area contributed by atoms with Crippen LogP contribution in [-0.4, -0.2) is 41.1 Å². The number of fused-ring (bicyclic) bond motifs is 3. The Morgan fingerprint density at radius 3 is 2.67 bits per heavy atom. The van der Waals surface area contributed by atoms with Gasteiger partial charge in [-0.2, -0.15) is 0 Å². The van der Waals surface area contributed by atoms with E-state index in [1.165, 1.54) is 0 Å². The fraction of sp³-hybridized carbons (Fsp3) is 0.100. The van der Waals surface area contributed by atoms with Crippen LogP contribution in [0.5, 0.6) is 0 Å². The van der Waals surface area contributed by atoms with Crippen LogP contribution >= 0.6 is 0 Å². The number of pyridine rings is 1. The molecule has 0 aliphatic carbocycles. The topological polar surface area (TPSA) is 115 Å². The van der Waals surface area contributed by atoms with Crippen molar-refractivity contribution in [3.63, 3.8) is 0 Å². The Balaban J connectivity index is 1.54. The Bertz CT molecular complexity index is 1970. The maximum atomic E-state index is 11.9. The summed E-state index contributed by atoms with van der Waals surface area (Å²) < 4.78 is 3.97. The first kappa shape index (κ1) is 22.9. The van der Waals surface area contributed by atoms with Gasteiger partial charge in [0.1, 0.15) is 5.82 Å². The number of anilines is 1. The first-order valence-corrected chi connectivity index (χ1v) is 12.5. The maximum absolute atomic E-state index is 11.9. The highest BCUT2D eigenvalue weighted by Gasteiger charge is 2.22. The summed E-state index contributed by atoms with van der Waals surface area (Å²) in [5, 5.41) is 13.5. The number of hydrogen-bond acceptors (Lipinski definition) is 5. The van der Waals surface area contributed by atoms with Crippen LogP contribution in [0.3, 0.4) is 0 Å². The second-order valence-corrected chi connectivity index (χ2v) is 9.63. The van der Waals surface area contributed by atoms with E-state index in [0.717, 1.165) is 50.3 Å². The minimum absolute atomic E-state index is 0.0103. The summed E-state index contributed by atoms with van der Waals surface area (Å²) in [6, 6.07) is 20.8. The van der Waals surface area contributed by atoms with E-state index in [-0.39, 0.29) is 11.5 Å². The highest BCUT2D eigenvalue weighted by Crippen LogP contribution is 2.36. The van der Waals surface area contributed by atoms with Gasteiger partial charge in [-0.3, -0.25) is 9.36 Å². The smallest absolute Gasteiger partial charge is 0.335 e. The van der Waals surface area contributed by atoms with E-state index in [0.29, 0.717) is 24.2 Å². The van der Waals surface area contributed by atoms with Crippen LogP contribution in [0, 0.1) is 0 Å². The average Bonchev–Trinajstić information content (AvgIpc) is 3.55. The molecule has 9 heteroatoms.